The predicted molar refractivity (Wildman–Crippen MR) is 64.5 cm³/mol. The van der Waals surface area contributed by atoms with E-state index in [-0.39, 0.29) is 11.7 Å². The van der Waals surface area contributed by atoms with Crippen molar-refractivity contribution in [1.82, 2.24) is 0 Å². The molecule has 1 aromatic rings. The van der Waals surface area contributed by atoms with Crippen molar-refractivity contribution in [1.29, 1.82) is 0 Å². The van der Waals surface area contributed by atoms with Crippen LogP contribution in [0.25, 0.3) is 0 Å². The van der Waals surface area contributed by atoms with Gasteiger partial charge in [0.15, 0.2) is 5.78 Å². The summed E-state index contributed by atoms with van der Waals surface area (Å²) in [6.45, 7) is 0. The van der Waals surface area contributed by atoms with Crippen LogP contribution in [0.2, 0.25) is 0 Å². The zero-order valence-corrected chi connectivity index (χ0v) is 9.54. The first kappa shape index (κ1) is 11.8. The molecular formula is C14H14O3. The Bertz CT molecular complexity index is 446. The van der Waals surface area contributed by atoms with Crippen LogP contribution in [0.1, 0.15) is 10.4 Å². The zero-order chi connectivity index (χ0) is 12.3. The van der Waals surface area contributed by atoms with Crippen molar-refractivity contribution >= 4 is 5.78 Å². The Balaban J connectivity index is 2.15. The quantitative estimate of drug-likeness (QED) is 0.490. The number of hydrogen-bond acceptors (Lipinski definition) is 3. The number of Topliss-reactive ketones (excluding diaryl/α,β-unsaturated/α-hetero) is 1. The van der Waals surface area contributed by atoms with E-state index in [2.05, 4.69) is 0 Å². The summed E-state index contributed by atoms with van der Waals surface area (Å²) in [5.74, 6) is -1.71. The molecule has 3 nitrogen and oxygen atoms in total. The van der Waals surface area contributed by atoms with Crippen LogP contribution in [0.3, 0.4) is 0 Å². The summed E-state index contributed by atoms with van der Waals surface area (Å²) >= 11 is 0. The minimum Gasteiger partial charge on any atom is -0.359 e. The van der Waals surface area contributed by atoms with Crippen LogP contribution in [0, 0.1) is 5.92 Å². The molecule has 0 saturated heterocycles. The van der Waals surface area contributed by atoms with Gasteiger partial charge in [-0.3, -0.25) is 4.79 Å². The van der Waals surface area contributed by atoms with Gasteiger partial charge in [0.25, 0.3) is 0 Å². The number of methoxy groups -OCH3 is 1. The smallest absolute Gasteiger partial charge is 0.205 e. The molecule has 0 radical (unpaired) electrons. The lowest BCUT2D eigenvalue weighted by Crippen LogP contribution is -2.29. The second-order valence-corrected chi connectivity index (χ2v) is 3.93. The highest BCUT2D eigenvalue weighted by molar-refractivity contribution is 6.00. The van der Waals surface area contributed by atoms with E-state index in [4.69, 9.17) is 4.74 Å². The fourth-order valence-corrected chi connectivity index (χ4v) is 1.71. The fourth-order valence-electron chi connectivity index (χ4n) is 1.71. The molecule has 1 N–H and O–H groups in total. The van der Waals surface area contributed by atoms with Gasteiger partial charge in [0, 0.05) is 12.7 Å². The molecule has 0 aliphatic heterocycles. The second kappa shape index (κ2) is 4.65. The van der Waals surface area contributed by atoms with Gasteiger partial charge in [-0.1, -0.05) is 42.5 Å². The maximum absolute atomic E-state index is 12.1. The van der Waals surface area contributed by atoms with Gasteiger partial charge in [-0.05, 0) is 12.2 Å². The molecule has 1 aliphatic rings. The highest BCUT2D eigenvalue weighted by atomic mass is 16.6. The molecule has 0 bridgehead atoms. The number of carbonyl (C=O) groups excluding carboxylic acids is 1. The number of ketones is 1. The highest BCUT2D eigenvalue weighted by Crippen LogP contribution is 2.22. The number of ether oxygens (including phenoxy) is 1. The lowest BCUT2D eigenvalue weighted by atomic mass is 9.92. The molecule has 0 fully saturated rings. The van der Waals surface area contributed by atoms with Crippen molar-refractivity contribution in [2.24, 2.45) is 5.92 Å². The average molecular weight is 230 g/mol. The van der Waals surface area contributed by atoms with Gasteiger partial charge in [0.1, 0.15) is 0 Å². The number of aliphatic hydroxyl groups is 1. The predicted octanol–water partition coefficient (Wildman–Crippen LogP) is 1.95. The van der Waals surface area contributed by atoms with Gasteiger partial charge in [0.2, 0.25) is 5.79 Å². The first-order valence-electron chi connectivity index (χ1n) is 5.40. The molecule has 0 spiro atoms. The van der Waals surface area contributed by atoms with Crippen molar-refractivity contribution in [3.8, 4) is 0 Å². The van der Waals surface area contributed by atoms with Crippen molar-refractivity contribution in [3.05, 3.63) is 60.2 Å². The monoisotopic (exact) mass is 230 g/mol. The van der Waals surface area contributed by atoms with Crippen LogP contribution < -0.4 is 0 Å². The highest BCUT2D eigenvalue weighted by Gasteiger charge is 2.25. The van der Waals surface area contributed by atoms with Gasteiger partial charge >= 0.3 is 0 Å². The topological polar surface area (TPSA) is 46.5 Å². The van der Waals surface area contributed by atoms with Gasteiger partial charge in [0.05, 0.1) is 5.92 Å². The van der Waals surface area contributed by atoms with Crippen LogP contribution in [-0.4, -0.2) is 23.8 Å². The molecular weight excluding hydrogens is 216 g/mol. The van der Waals surface area contributed by atoms with Crippen molar-refractivity contribution < 1.29 is 14.6 Å². The van der Waals surface area contributed by atoms with Crippen LogP contribution in [0.15, 0.2) is 54.6 Å². The number of rotatable bonds is 3. The maximum atomic E-state index is 12.1. The number of hydrogen-bond donors (Lipinski definition) is 1. The van der Waals surface area contributed by atoms with E-state index in [1.54, 1.807) is 24.3 Å². The molecule has 3 heteroatoms. The normalized spacial score (nSPS) is 27.1. The Morgan fingerprint density at radius 3 is 2.35 bits per heavy atom. The maximum Gasteiger partial charge on any atom is 0.205 e. The van der Waals surface area contributed by atoms with E-state index in [0.29, 0.717) is 5.56 Å². The van der Waals surface area contributed by atoms with E-state index < -0.39 is 5.79 Å². The molecule has 1 aromatic carbocycles. The standard InChI is InChI=1S/C14H14O3/c1-17-14(16)9-7-12(8-10-14)13(15)11-5-3-2-4-6-11/h2-10,12,16H,1H3. The summed E-state index contributed by atoms with van der Waals surface area (Å²) in [6, 6.07) is 9.08. The van der Waals surface area contributed by atoms with E-state index >= 15 is 0 Å². The molecule has 2 rings (SSSR count). The molecule has 0 amide bonds. The fraction of sp³-hybridized carbons (Fsp3) is 0.214. The average Bonchev–Trinajstić information content (AvgIpc) is 2.40. The minimum absolute atomic E-state index is 0.0104. The van der Waals surface area contributed by atoms with Crippen molar-refractivity contribution in [2.45, 2.75) is 5.79 Å². The Labute approximate surface area is 100 Å². The van der Waals surface area contributed by atoms with Crippen LogP contribution in [-0.2, 0) is 4.74 Å². The van der Waals surface area contributed by atoms with Gasteiger partial charge in [-0.15, -0.1) is 0 Å². The number of benzene rings is 1. The first-order chi connectivity index (χ1) is 8.14. The van der Waals surface area contributed by atoms with E-state index in [1.165, 1.54) is 19.3 Å². The van der Waals surface area contributed by atoms with Gasteiger partial charge in [-0.25, -0.2) is 0 Å². The Hall–Kier alpha value is -1.71. The molecule has 17 heavy (non-hydrogen) atoms. The molecule has 0 atom stereocenters. The van der Waals surface area contributed by atoms with E-state index in [0.717, 1.165) is 0 Å². The molecule has 1 aliphatic carbocycles. The third-order valence-electron chi connectivity index (χ3n) is 2.77. The van der Waals surface area contributed by atoms with Gasteiger partial charge in [-0.2, -0.15) is 0 Å². The van der Waals surface area contributed by atoms with Crippen LogP contribution in [0.5, 0.6) is 0 Å². The largest absolute Gasteiger partial charge is 0.359 e. The van der Waals surface area contributed by atoms with Crippen molar-refractivity contribution in [2.75, 3.05) is 7.11 Å². The van der Waals surface area contributed by atoms with Crippen molar-refractivity contribution in [3.63, 3.8) is 0 Å². The molecule has 0 unspecified atom stereocenters. The lowest BCUT2D eigenvalue weighted by Gasteiger charge is -2.23. The molecule has 88 valence electrons. The minimum atomic E-state index is -1.38. The van der Waals surface area contributed by atoms with Crippen LogP contribution >= 0.6 is 0 Å². The summed E-state index contributed by atoms with van der Waals surface area (Å²) in [6.07, 6.45) is 6.27. The number of allylic oxidation sites excluding steroid dienone is 2. The first-order valence-corrected chi connectivity index (χ1v) is 5.40. The third kappa shape index (κ3) is 2.52. The summed E-state index contributed by atoms with van der Waals surface area (Å²) < 4.78 is 4.88. The molecule has 0 aromatic heterocycles. The summed E-state index contributed by atoms with van der Waals surface area (Å²) in [4.78, 5) is 12.1. The third-order valence-corrected chi connectivity index (χ3v) is 2.77. The Kier molecular flexibility index (Phi) is 3.22. The van der Waals surface area contributed by atoms with E-state index in [1.807, 2.05) is 18.2 Å². The number of carbonyl (C=O) groups is 1. The van der Waals surface area contributed by atoms with Crippen LogP contribution in [0.4, 0.5) is 0 Å². The van der Waals surface area contributed by atoms with Gasteiger partial charge < -0.3 is 9.84 Å². The summed E-state index contributed by atoms with van der Waals surface area (Å²) in [5.41, 5.74) is 0.662. The van der Waals surface area contributed by atoms with E-state index in [9.17, 15) is 9.90 Å². The second-order valence-electron chi connectivity index (χ2n) is 3.93. The zero-order valence-electron chi connectivity index (χ0n) is 9.54. The Morgan fingerprint density at radius 1 is 1.24 bits per heavy atom. The Morgan fingerprint density at radius 2 is 1.82 bits per heavy atom. The summed E-state index contributed by atoms with van der Waals surface area (Å²) in [5, 5.41) is 9.74. The molecule has 0 heterocycles. The molecule has 0 saturated carbocycles. The summed E-state index contributed by atoms with van der Waals surface area (Å²) in [7, 11) is 1.41. The SMILES string of the molecule is COC1(O)C=CC(C(=O)c2ccccc2)C=C1. The lowest BCUT2D eigenvalue weighted by molar-refractivity contribution is -0.107.